The second-order valence-electron chi connectivity index (χ2n) is 3.94. The van der Waals surface area contributed by atoms with Crippen LogP contribution >= 0.6 is 0 Å². The van der Waals surface area contributed by atoms with Crippen LogP contribution in [0.1, 0.15) is 13.8 Å². The van der Waals surface area contributed by atoms with Crippen LogP contribution in [0.2, 0.25) is 0 Å². The van der Waals surface area contributed by atoms with Crippen LogP contribution in [-0.4, -0.2) is 48.2 Å². The van der Waals surface area contributed by atoms with E-state index >= 15 is 0 Å². The van der Waals surface area contributed by atoms with Crippen LogP contribution in [0, 0.1) is 5.92 Å². The van der Waals surface area contributed by atoms with Crippen molar-refractivity contribution >= 4 is 5.97 Å². The minimum atomic E-state index is -0.778. The summed E-state index contributed by atoms with van der Waals surface area (Å²) in [5, 5.41) is 11.3. The van der Waals surface area contributed by atoms with Gasteiger partial charge in [-0.2, -0.15) is 0 Å². The van der Waals surface area contributed by atoms with Gasteiger partial charge in [-0.3, -0.25) is 4.79 Å². The highest BCUT2D eigenvalue weighted by Crippen LogP contribution is 2.16. The molecule has 1 fully saturated rings. The monoisotopic (exact) mass is 186 g/mol. The molecular formula is C9H18N2O2. The average Bonchev–Trinajstić information content (AvgIpc) is 1.92. The maximum Gasteiger partial charge on any atom is 0.317 e. The summed E-state index contributed by atoms with van der Waals surface area (Å²) in [5.41, 5.74) is 0. The third-order valence-electron chi connectivity index (χ3n) is 2.42. The molecule has 0 aromatic rings. The SMILES string of the molecule is CC(C)N1CC(CNCC(=O)O)C1. The Morgan fingerprint density at radius 1 is 1.62 bits per heavy atom. The number of rotatable bonds is 5. The Morgan fingerprint density at radius 3 is 2.69 bits per heavy atom. The summed E-state index contributed by atoms with van der Waals surface area (Å²) in [6, 6.07) is 0.621. The summed E-state index contributed by atoms with van der Waals surface area (Å²) in [6.45, 7) is 7.48. The van der Waals surface area contributed by atoms with Crippen LogP contribution < -0.4 is 5.32 Å². The molecule has 0 atom stereocenters. The molecule has 0 aliphatic carbocycles. The first-order valence-corrected chi connectivity index (χ1v) is 4.76. The number of nitrogens with one attached hydrogen (secondary N) is 1. The molecule has 76 valence electrons. The third kappa shape index (κ3) is 3.32. The Labute approximate surface area is 78.9 Å². The summed E-state index contributed by atoms with van der Waals surface area (Å²) >= 11 is 0. The highest BCUT2D eigenvalue weighted by atomic mass is 16.4. The van der Waals surface area contributed by atoms with Crippen molar-refractivity contribution in [3.05, 3.63) is 0 Å². The van der Waals surface area contributed by atoms with Crippen LogP contribution in [-0.2, 0) is 4.79 Å². The van der Waals surface area contributed by atoms with E-state index in [1.165, 1.54) is 0 Å². The molecule has 1 saturated heterocycles. The molecule has 1 aliphatic heterocycles. The lowest BCUT2D eigenvalue weighted by Gasteiger charge is -2.42. The number of aliphatic carboxylic acids is 1. The van der Waals surface area contributed by atoms with E-state index in [-0.39, 0.29) is 6.54 Å². The van der Waals surface area contributed by atoms with Crippen LogP contribution in [0.4, 0.5) is 0 Å². The highest BCUT2D eigenvalue weighted by molar-refractivity contribution is 5.68. The first-order chi connectivity index (χ1) is 6.09. The van der Waals surface area contributed by atoms with E-state index < -0.39 is 5.97 Å². The van der Waals surface area contributed by atoms with E-state index in [1.54, 1.807) is 0 Å². The lowest BCUT2D eigenvalue weighted by atomic mass is 9.98. The number of nitrogens with zero attached hydrogens (tertiary/aromatic N) is 1. The number of carbonyl (C=O) groups is 1. The maximum absolute atomic E-state index is 10.2. The van der Waals surface area contributed by atoms with Crippen molar-refractivity contribution in [2.45, 2.75) is 19.9 Å². The molecule has 0 aromatic heterocycles. The molecule has 0 aromatic carbocycles. The molecule has 4 heteroatoms. The maximum atomic E-state index is 10.2. The lowest BCUT2D eigenvalue weighted by molar-refractivity contribution is -0.136. The average molecular weight is 186 g/mol. The molecule has 4 nitrogen and oxygen atoms in total. The molecule has 0 saturated carbocycles. The van der Waals surface area contributed by atoms with Gasteiger partial charge < -0.3 is 15.3 Å². The van der Waals surface area contributed by atoms with Crippen molar-refractivity contribution in [3.63, 3.8) is 0 Å². The van der Waals surface area contributed by atoms with Crippen molar-refractivity contribution in [1.29, 1.82) is 0 Å². The van der Waals surface area contributed by atoms with Gasteiger partial charge in [0, 0.05) is 25.7 Å². The predicted molar refractivity (Wildman–Crippen MR) is 50.7 cm³/mol. The number of likely N-dealkylation sites (tertiary alicyclic amines) is 1. The largest absolute Gasteiger partial charge is 0.480 e. The summed E-state index contributed by atoms with van der Waals surface area (Å²) in [4.78, 5) is 12.6. The van der Waals surface area contributed by atoms with Crippen LogP contribution in [0.3, 0.4) is 0 Å². The molecule has 0 spiro atoms. The smallest absolute Gasteiger partial charge is 0.317 e. The summed E-state index contributed by atoms with van der Waals surface area (Å²) in [6.07, 6.45) is 0. The second kappa shape index (κ2) is 4.58. The molecular weight excluding hydrogens is 168 g/mol. The lowest BCUT2D eigenvalue weighted by Crippen LogP contribution is -2.53. The van der Waals surface area contributed by atoms with E-state index in [0.717, 1.165) is 19.6 Å². The molecule has 0 amide bonds. The van der Waals surface area contributed by atoms with Crippen molar-refractivity contribution in [1.82, 2.24) is 10.2 Å². The van der Waals surface area contributed by atoms with Crippen molar-refractivity contribution in [2.24, 2.45) is 5.92 Å². The van der Waals surface area contributed by atoms with E-state index in [4.69, 9.17) is 5.11 Å². The van der Waals surface area contributed by atoms with E-state index in [0.29, 0.717) is 12.0 Å². The molecule has 1 rings (SSSR count). The highest BCUT2D eigenvalue weighted by Gasteiger charge is 2.27. The van der Waals surface area contributed by atoms with E-state index in [9.17, 15) is 4.79 Å². The van der Waals surface area contributed by atoms with Gasteiger partial charge in [0.2, 0.25) is 0 Å². The third-order valence-corrected chi connectivity index (χ3v) is 2.42. The second-order valence-corrected chi connectivity index (χ2v) is 3.94. The van der Waals surface area contributed by atoms with Crippen molar-refractivity contribution in [2.75, 3.05) is 26.2 Å². The summed E-state index contributed by atoms with van der Waals surface area (Å²) in [7, 11) is 0. The number of carboxylic acid groups (broad SMARTS) is 1. The molecule has 0 unspecified atom stereocenters. The van der Waals surface area contributed by atoms with Crippen LogP contribution in [0.5, 0.6) is 0 Å². The quantitative estimate of drug-likeness (QED) is 0.634. The molecule has 13 heavy (non-hydrogen) atoms. The van der Waals surface area contributed by atoms with Crippen LogP contribution in [0.15, 0.2) is 0 Å². The van der Waals surface area contributed by atoms with Crippen molar-refractivity contribution in [3.8, 4) is 0 Å². The first-order valence-electron chi connectivity index (χ1n) is 4.76. The zero-order valence-electron chi connectivity index (χ0n) is 8.29. The van der Waals surface area contributed by atoms with Gasteiger partial charge in [0.05, 0.1) is 6.54 Å². The number of carboxylic acids is 1. The number of hydrogen-bond acceptors (Lipinski definition) is 3. The number of hydrogen-bond donors (Lipinski definition) is 2. The summed E-state index contributed by atoms with van der Waals surface area (Å²) in [5.74, 6) is -0.137. The minimum Gasteiger partial charge on any atom is -0.480 e. The van der Waals surface area contributed by atoms with Gasteiger partial charge in [-0.05, 0) is 19.8 Å². The molecule has 1 aliphatic rings. The van der Waals surface area contributed by atoms with Crippen molar-refractivity contribution < 1.29 is 9.90 Å². The zero-order chi connectivity index (χ0) is 9.84. The standard InChI is InChI=1S/C9H18N2O2/c1-7(2)11-5-8(6-11)3-10-4-9(12)13/h7-8,10H,3-6H2,1-2H3,(H,12,13). The minimum absolute atomic E-state index is 0.0815. The molecule has 1 heterocycles. The Morgan fingerprint density at radius 2 is 2.23 bits per heavy atom. The molecule has 2 N–H and O–H groups in total. The van der Waals surface area contributed by atoms with E-state index in [2.05, 4.69) is 24.1 Å². The van der Waals surface area contributed by atoms with Gasteiger partial charge in [0.25, 0.3) is 0 Å². The van der Waals surface area contributed by atoms with Crippen LogP contribution in [0.25, 0.3) is 0 Å². The fraction of sp³-hybridized carbons (Fsp3) is 0.889. The van der Waals surface area contributed by atoms with Gasteiger partial charge in [0.15, 0.2) is 0 Å². The Bertz CT molecular complexity index is 176. The summed E-state index contributed by atoms with van der Waals surface area (Å²) < 4.78 is 0. The Balaban J connectivity index is 1.99. The Hall–Kier alpha value is -0.610. The molecule has 0 bridgehead atoms. The predicted octanol–water partition coefficient (Wildman–Crippen LogP) is 0.000800. The van der Waals surface area contributed by atoms with Gasteiger partial charge in [0.1, 0.15) is 0 Å². The normalized spacial score (nSPS) is 19.0. The van der Waals surface area contributed by atoms with Gasteiger partial charge in [-0.1, -0.05) is 0 Å². The topological polar surface area (TPSA) is 52.6 Å². The van der Waals surface area contributed by atoms with Gasteiger partial charge in [-0.25, -0.2) is 0 Å². The Kier molecular flexibility index (Phi) is 3.69. The van der Waals surface area contributed by atoms with E-state index in [1.807, 2.05) is 0 Å². The van der Waals surface area contributed by atoms with Gasteiger partial charge in [-0.15, -0.1) is 0 Å². The fourth-order valence-corrected chi connectivity index (χ4v) is 1.54. The molecule has 0 radical (unpaired) electrons. The zero-order valence-corrected chi connectivity index (χ0v) is 8.29. The van der Waals surface area contributed by atoms with Gasteiger partial charge >= 0.3 is 5.97 Å². The first kappa shape index (κ1) is 10.5. The fourth-order valence-electron chi connectivity index (χ4n) is 1.54.